The number of nitrogens with one attached hydrogen (secondary N) is 1. The smallest absolute Gasteiger partial charge is 0.262 e. The van der Waals surface area contributed by atoms with Gasteiger partial charge in [-0.05, 0) is 25.7 Å². The van der Waals surface area contributed by atoms with E-state index in [1.54, 1.807) is 0 Å². The molecular formula is C12H18N4O3S. The number of carbonyl (C=O) groups is 1. The van der Waals surface area contributed by atoms with Crippen molar-refractivity contribution in [3.63, 3.8) is 0 Å². The fourth-order valence-electron chi connectivity index (χ4n) is 2.23. The SMILES string of the molecule is C[S+]([O-])c1nc(NC2CCC(O)CC2)ncc1C(N)=O. The molecule has 110 valence electrons. The Morgan fingerprint density at radius 3 is 2.70 bits per heavy atom. The first-order chi connectivity index (χ1) is 9.47. The number of nitrogens with zero attached hydrogens (tertiary/aromatic N) is 2. The number of amides is 1. The molecule has 0 aliphatic heterocycles. The van der Waals surface area contributed by atoms with E-state index in [0.29, 0.717) is 5.95 Å². The molecule has 1 fully saturated rings. The normalized spacial score (nSPS) is 24.1. The van der Waals surface area contributed by atoms with E-state index < -0.39 is 17.1 Å². The van der Waals surface area contributed by atoms with Crippen molar-refractivity contribution in [3.05, 3.63) is 11.8 Å². The van der Waals surface area contributed by atoms with E-state index in [0.717, 1.165) is 25.7 Å². The summed E-state index contributed by atoms with van der Waals surface area (Å²) >= 11 is -1.42. The summed E-state index contributed by atoms with van der Waals surface area (Å²) in [4.78, 5) is 19.4. The summed E-state index contributed by atoms with van der Waals surface area (Å²) in [6.45, 7) is 0. The molecule has 0 saturated heterocycles. The van der Waals surface area contributed by atoms with Crippen LogP contribution < -0.4 is 11.1 Å². The first-order valence-electron chi connectivity index (χ1n) is 6.42. The Morgan fingerprint density at radius 1 is 1.50 bits per heavy atom. The highest BCUT2D eigenvalue weighted by atomic mass is 32.2. The van der Waals surface area contributed by atoms with Gasteiger partial charge in [0.2, 0.25) is 5.95 Å². The minimum Gasteiger partial charge on any atom is -0.610 e. The minimum atomic E-state index is -1.42. The maximum absolute atomic E-state index is 11.6. The maximum atomic E-state index is 11.6. The molecule has 0 bridgehead atoms. The Balaban J connectivity index is 2.13. The highest BCUT2D eigenvalue weighted by molar-refractivity contribution is 7.90. The van der Waals surface area contributed by atoms with E-state index in [4.69, 9.17) is 5.73 Å². The minimum absolute atomic E-state index is 0.0791. The van der Waals surface area contributed by atoms with Crippen LogP contribution in [-0.2, 0) is 11.2 Å². The molecule has 0 aromatic carbocycles. The molecule has 0 spiro atoms. The van der Waals surface area contributed by atoms with Crippen LogP contribution in [0.15, 0.2) is 11.2 Å². The topological polar surface area (TPSA) is 124 Å². The fourth-order valence-corrected chi connectivity index (χ4v) is 2.90. The van der Waals surface area contributed by atoms with Gasteiger partial charge >= 0.3 is 0 Å². The number of rotatable bonds is 4. The Hall–Kier alpha value is -1.38. The lowest BCUT2D eigenvalue weighted by atomic mass is 9.93. The Kier molecular flexibility index (Phi) is 4.79. The molecule has 7 nitrogen and oxygen atoms in total. The molecule has 8 heteroatoms. The molecular weight excluding hydrogens is 280 g/mol. The van der Waals surface area contributed by atoms with Crippen molar-refractivity contribution in [2.45, 2.75) is 42.9 Å². The van der Waals surface area contributed by atoms with Crippen molar-refractivity contribution in [1.82, 2.24) is 9.97 Å². The fraction of sp³-hybridized carbons (Fsp3) is 0.583. The van der Waals surface area contributed by atoms with Crippen molar-refractivity contribution >= 4 is 23.0 Å². The number of hydrogen-bond acceptors (Lipinski definition) is 6. The predicted molar refractivity (Wildman–Crippen MR) is 74.8 cm³/mol. The van der Waals surface area contributed by atoms with E-state index >= 15 is 0 Å². The van der Waals surface area contributed by atoms with Gasteiger partial charge < -0.3 is 20.7 Å². The van der Waals surface area contributed by atoms with Crippen molar-refractivity contribution in [2.75, 3.05) is 11.6 Å². The lowest BCUT2D eigenvalue weighted by Crippen LogP contribution is -2.29. The number of aliphatic hydroxyl groups is 1. The van der Waals surface area contributed by atoms with Crippen molar-refractivity contribution < 1.29 is 14.5 Å². The molecule has 1 atom stereocenters. The van der Waals surface area contributed by atoms with Gasteiger partial charge in [-0.15, -0.1) is 0 Å². The average Bonchev–Trinajstić information content (AvgIpc) is 2.41. The number of aliphatic hydroxyl groups excluding tert-OH is 1. The standard InChI is InChI=1S/C12H18N4O3S/c1-20(19)11-9(10(13)18)6-14-12(16-11)15-7-2-4-8(17)5-3-7/h6-8,17H,2-5H2,1H3,(H2,13,18)(H,14,15,16). The summed E-state index contributed by atoms with van der Waals surface area (Å²) in [5.74, 6) is -0.357. The molecule has 1 aliphatic rings. The van der Waals surface area contributed by atoms with Gasteiger partial charge in [-0.25, -0.2) is 4.98 Å². The lowest BCUT2D eigenvalue weighted by molar-refractivity contribution is 0.0996. The zero-order chi connectivity index (χ0) is 14.7. The number of hydrogen-bond donors (Lipinski definition) is 3. The molecule has 1 heterocycles. The molecule has 0 radical (unpaired) electrons. The van der Waals surface area contributed by atoms with Crippen LogP contribution in [0.25, 0.3) is 0 Å². The Labute approximate surface area is 120 Å². The van der Waals surface area contributed by atoms with Crippen molar-refractivity contribution in [3.8, 4) is 0 Å². The summed E-state index contributed by atoms with van der Waals surface area (Å²) in [6.07, 6.45) is 5.64. The van der Waals surface area contributed by atoms with Gasteiger partial charge in [-0.1, -0.05) is 0 Å². The summed E-state index contributed by atoms with van der Waals surface area (Å²) < 4.78 is 11.6. The highest BCUT2D eigenvalue weighted by Crippen LogP contribution is 2.21. The van der Waals surface area contributed by atoms with E-state index in [1.807, 2.05) is 0 Å². The van der Waals surface area contributed by atoms with E-state index in [2.05, 4.69) is 15.3 Å². The van der Waals surface area contributed by atoms with Crippen LogP contribution in [-0.4, -0.2) is 43.9 Å². The second kappa shape index (κ2) is 6.38. The van der Waals surface area contributed by atoms with E-state index in [1.165, 1.54) is 12.5 Å². The van der Waals surface area contributed by atoms with Crippen LogP contribution in [0.5, 0.6) is 0 Å². The number of nitrogens with two attached hydrogens (primary N) is 1. The van der Waals surface area contributed by atoms with Gasteiger partial charge in [-0.3, -0.25) is 4.79 Å². The van der Waals surface area contributed by atoms with Crippen LogP contribution in [0.3, 0.4) is 0 Å². The average molecular weight is 298 g/mol. The lowest BCUT2D eigenvalue weighted by Gasteiger charge is -2.26. The molecule has 4 N–H and O–H groups in total. The molecule has 1 unspecified atom stereocenters. The molecule has 1 saturated carbocycles. The monoisotopic (exact) mass is 298 g/mol. The van der Waals surface area contributed by atoms with E-state index in [9.17, 15) is 14.5 Å². The van der Waals surface area contributed by atoms with Gasteiger partial charge in [0, 0.05) is 17.2 Å². The van der Waals surface area contributed by atoms with Crippen LogP contribution in [0.1, 0.15) is 36.0 Å². The molecule has 1 amide bonds. The van der Waals surface area contributed by atoms with Crippen LogP contribution >= 0.6 is 0 Å². The second-order valence-electron chi connectivity index (χ2n) is 4.88. The predicted octanol–water partition coefficient (Wildman–Crippen LogP) is 0.0283. The third-order valence-electron chi connectivity index (χ3n) is 3.32. The Bertz CT molecular complexity index is 490. The molecule has 2 rings (SSSR count). The number of aromatic nitrogens is 2. The third-order valence-corrected chi connectivity index (χ3v) is 4.18. The first kappa shape index (κ1) is 15.0. The molecule has 1 aliphatic carbocycles. The summed E-state index contributed by atoms with van der Waals surface area (Å²) in [7, 11) is 0. The maximum Gasteiger partial charge on any atom is 0.262 e. The quantitative estimate of drug-likeness (QED) is 0.532. The summed E-state index contributed by atoms with van der Waals surface area (Å²) in [6, 6.07) is 0.177. The van der Waals surface area contributed by atoms with Crippen LogP contribution in [0, 0.1) is 0 Å². The second-order valence-corrected chi connectivity index (χ2v) is 6.18. The number of primary amides is 1. The van der Waals surface area contributed by atoms with Gasteiger partial charge in [0.25, 0.3) is 10.9 Å². The largest absolute Gasteiger partial charge is 0.610 e. The molecule has 1 aromatic rings. The van der Waals surface area contributed by atoms with Crippen LogP contribution in [0.2, 0.25) is 0 Å². The first-order valence-corrected chi connectivity index (χ1v) is 7.98. The Morgan fingerprint density at radius 2 is 2.15 bits per heavy atom. The van der Waals surface area contributed by atoms with E-state index in [-0.39, 0.29) is 22.7 Å². The third kappa shape index (κ3) is 3.59. The highest BCUT2D eigenvalue weighted by Gasteiger charge is 2.23. The van der Waals surface area contributed by atoms with Gasteiger partial charge in [0.15, 0.2) is 0 Å². The van der Waals surface area contributed by atoms with Crippen molar-refractivity contribution in [1.29, 1.82) is 0 Å². The zero-order valence-electron chi connectivity index (χ0n) is 11.2. The number of carbonyl (C=O) groups excluding carboxylic acids is 1. The van der Waals surface area contributed by atoms with Crippen molar-refractivity contribution in [2.24, 2.45) is 5.73 Å². The molecule has 20 heavy (non-hydrogen) atoms. The summed E-state index contributed by atoms with van der Waals surface area (Å²) in [5, 5.41) is 12.7. The summed E-state index contributed by atoms with van der Waals surface area (Å²) in [5.41, 5.74) is 5.28. The van der Waals surface area contributed by atoms with Gasteiger partial charge in [-0.2, -0.15) is 4.98 Å². The van der Waals surface area contributed by atoms with Gasteiger partial charge in [0.1, 0.15) is 11.8 Å². The van der Waals surface area contributed by atoms with Crippen LogP contribution in [0.4, 0.5) is 5.95 Å². The zero-order valence-corrected chi connectivity index (χ0v) is 12.0. The number of anilines is 1. The molecule has 1 aromatic heterocycles. The van der Waals surface area contributed by atoms with Gasteiger partial charge in [0.05, 0.1) is 12.3 Å².